The van der Waals surface area contributed by atoms with E-state index in [1.54, 1.807) is 12.1 Å². The van der Waals surface area contributed by atoms with Crippen LogP contribution in [0.5, 0.6) is 0 Å². The van der Waals surface area contributed by atoms with Gasteiger partial charge in [-0.25, -0.2) is 9.49 Å². The Hall–Kier alpha value is -4.48. The molecule has 148 valence electrons. The van der Waals surface area contributed by atoms with Crippen LogP contribution in [-0.2, 0) is 0 Å². The molecule has 0 bridgehead atoms. The molecule has 0 saturated heterocycles. The van der Waals surface area contributed by atoms with Gasteiger partial charge in [-0.3, -0.25) is 14.9 Å². The summed E-state index contributed by atoms with van der Waals surface area (Å²) in [6, 6.07) is 10.8. The van der Waals surface area contributed by atoms with Crippen LogP contribution in [0.3, 0.4) is 0 Å². The summed E-state index contributed by atoms with van der Waals surface area (Å²) in [6.45, 7) is 0. The molecule has 0 spiro atoms. The number of nitro benzene ring substituents is 1. The number of H-pyrrole nitrogens is 1. The fourth-order valence-electron chi connectivity index (χ4n) is 3.45. The molecule has 3 heterocycles. The lowest BCUT2D eigenvalue weighted by Crippen LogP contribution is -2.29. The zero-order valence-electron chi connectivity index (χ0n) is 15.0. The Balaban J connectivity index is 1.76. The molecule has 0 radical (unpaired) electrons. The van der Waals surface area contributed by atoms with Crippen LogP contribution in [0, 0.1) is 15.9 Å². The maximum Gasteiger partial charge on any atom is 0.288 e. The van der Waals surface area contributed by atoms with Crippen molar-refractivity contribution in [2.75, 3.05) is 5.32 Å². The van der Waals surface area contributed by atoms with E-state index in [1.807, 2.05) is 0 Å². The summed E-state index contributed by atoms with van der Waals surface area (Å²) in [4.78, 5) is 23.0. The number of non-ortho nitro benzene ring substituents is 1. The number of fused-ring (bicyclic) bond motifs is 2. The molecule has 0 amide bonds. The van der Waals surface area contributed by atoms with Gasteiger partial charge in [0.25, 0.3) is 11.2 Å². The highest BCUT2D eigenvalue weighted by Gasteiger charge is 2.34. The molecule has 0 aliphatic carbocycles. The van der Waals surface area contributed by atoms with E-state index >= 15 is 0 Å². The largest absolute Gasteiger partial charge is 0.318 e. The maximum absolute atomic E-state index is 13.5. The molecule has 2 N–H and O–H groups in total. The van der Waals surface area contributed by atoms with Gasteiger partial charge in [0.2, 0.25) is 5.95 Å². The van der Waals surface area contributed by atoms with E-state index in [2.05, 4.69) is 31.0 Å². The molecule has 2 aromatic heterocycles. The van der Waals surface area contributed by atoms with Crippen LogP contribution in [0.25, 0.3) is 11.3 Å². The highest BCUT2D eigenvalue weighted by Crippen LogP contribution is 2.41. The van der Waals surface area contributed by atoms with E-state index in [1.165, 1.54) is 41.1 Å². The second-order valence-corrected chi connectivity index (χ2v) is 6.52. The second-order valence-electron chi connectivity index (χ2n) is 6.52. The maximum atomic E-state index is 13.5. The third-order valence-electron chi connectivity index (χ3n) is 4.81. The predicted molar refractivity (Wildman–Crippen MR) is 102 cm³/mol. The van der Waals surface area contributed by atoms with Crippen LogP contribution in [-0.4, -0.2) is 35.3 Å². The molecule has 11 nitrogen and oxygen atoms in total. The van der Waals surface area contributed by atoms with E-state index in [-0.39, 0.29) is 17.3 Å². The number of tetrazole rings is 1. The molecule has 1 aliphatic heterocycles. The summed E-state index contributed by atoms with van der Waals surface area (Å²) in [5.74, 6) is -0.173. The quantitative estimate of drug-likeness (QED) is 0.343. The number of aromatic nitrogens is 6. The van der Waals surface area contributed by atoms with E-state index in [4.69, 9.17) is 0 Å². The number of benzene rings is 2. The predicted octanol–water partition coefficient (Wildman–Crippen LogP) is 2.17. The van der Waals surface area contributed by atoms with E-state index in [0.29, 0.717) is 22.4 Å². The molecular weight excluding hydrogens is 395 g/mol. The van der Waals surface area contributed by atoms with Crippen LogP contribution in [0.4, 0.5) is 21.7 Å². The molecule has 0 saturated carbocycles. The number of hydrogen-bond donors (Lipinski definition) is 2. The smallest absolute Gasteiger partial charge is 0.288 e. The molecule has 4 aromatic rings. The summed E-state index contributed by atoms with van der Waals surface area (Å²) in [6.07, 6.45) is 0. The van der Waals surface area contributed by atoms with E-state index < -0.39 is 22.3 Å². The zero-order valence-corrected chi connectivity index (χ0v) is 15.0. The van der Waals surface area contributed by atoms with Crippen molar-refractivity contribution in [3.05, 3.63) is 85.9 Å². The van der Waals surface area contributed by atoms with Gasteiger partial charge in [0.05, 0.1) is 10.6 Å². The van der Waals surface area contributed by atoms with Gasteiger partial charge in [0, 0.05) is 23.3 Å². The van der Waals surface area contributed by atoms with Gasteiger partial charge in [-0.1, -0.05) is 17.2 Å². The number of nitrogens with one attached hydrogen (secondary N) is 2. The van der Waals surface area contributed by atoms with Crippen molar-refractivity contribution < 1.29 is 9.31 Å². The summed E-state index contributed by atoms with van der Waals surface area (Å²) >= 11 is 0. The summed E-state index contributed by atoms with van der Waals surface area (Å²) in [5, 5.41) is 32.0. The number of hydrogen-bond acceptors (Lipinski definition) is 8. The van der Waals surface area contributed by atoms with Crippen molar-refractivity contribution in [1.29, 1.82) is 0 Å². The summed E-state index contributed by atoms with van der Waals surface area (Å²) in [7, 11) is 0. The number of nitrogens with zero attached hydrogens (tertiary/aromatic N) is 6. The van der Waals surface area contributed by atoms with Crippen molar-refractivity contribution in [2.45, 2.75) is 6.04 Å². The third kappa shape index (κ3) is 2.70. The lowest BCUT2D eigenvalue weighted by Gasteiger charge is -2.27. The highest BCUT2D eigenvalue weighted by atomic mass is 19.1. The fraction of sp³-hybridized carbons (Fsp3) is 0.0556. The van der Waals surface area contributed by atoms with Gasteiger partial charge in [-0.2, -0.15) is 9.78 Å². The minimum Gasteiger partial charge on any atom is -0.318 e. The zero-order chi connectivity index (χ0) is 20.8. The number of aromatic amines is 1. The van der Waals surface area contributed by atoms with Gasteiger partial charge >= 0.3 is 0 Å². The molecule has 0 fully saturated rings. The molecule has 1 atom stereocenters. The molecule has 30 heavy (non-hydrogen) atoms. The average Bonchev–Trinajstić information content (AvgIpc) is 3.22. The first-order valence-electron chi connectivity index (χ1n) is 8.70. The van der Waals surface area contributed by atoms with Gasteiger partial charge in [-0.15, -0.1) is 0 Å². The van der Waals surface area contributed by atoms with Crippen LogP contribution < -0.4 is 10.9 Å². The van der Waals surface area contributed by atoms with Gasteiger partial charge in [0.15, 0.2) is 0 Å². The summed E-state index contributed by atoms with van der Waals surface area (Å²) < 4.78 is 15.0. The molecule has 12 heteroatoms. The molecule has 1 aliphatic rings. The average molecular weight is 406 g/mol. The minimum atomic E-state index is -0.674. The minimum absolute atomic E-state index is 0.0759. The Bertz CT molecular complexity index is 1330. The lowest BCUT2D eigenvalue weighted by molar-refractivity contribution is -0.384. The Labute approximate surface area is 166 Å². The molecule has 5 rings (SSSR count). The third-order valence-corrected chi connectivity index (χ3v) is 4.81. The first-order valence-corrected chi connectivity index (χ1v) is 8.70. The van der Waals surface area contributed by atoms with Crippen LogP contribution in [0.15, 0.2) is 53.3 Å². The van der Waals surface area contributed by atoms with Gasteiger partial charge < -0.3 is 5.32 Å². The molecular formula is C18H11FN8O3. The number of halogens is 1. The van der Waals surface area contributed by atoms with Crippen LogP contribution in [0.2, 0.25) is 0 Å². The number of anilines is 2. The van der Waals surface area contributed by atoms with Crippen molar-refractivity contribution in [2.24, 2.45) is 0 Å². The summed E-state index contributed by atoms with van der Waals surface area (Å²) in [5.41, 5.74) is 1.63. The second kappa shape index (κ2) is 6.55. The van der Waals surface area contributed by atoms with Crippen molar-refractivity contribution >= 4 is 17.3 Å². The van der Waals surface area contributed by atoms with Crippen molar-refractivity contribution in [3.63, 3.8) is 0 Å². The first kappa shape index (κ1) is 17.6. The van der Waals surface area contributed by atoms with Gasteiger partial charge in [-0.05, 0) is 40.3 Å². The normalized spacial score (nSPS) is 14.5. The Kier molecular flexibility index (Phi) is 3.84. The topological polar surface area (TPSA) is 145 Å². The fourth-order valence-corrected chi connectivity index (χ4v) is 3.45. The van der Waals surface area contributed by atoms with E-state index in [9.17, 15) is 19.3 Å². The standard InChI is InChI=1S/C18H11FN8O3/c19-11-5-1-10(2-6-11)16-13-14(9-3-7-12(8-4-9)27(29)30)21-22-17(28)15(13)20-18-23-24-25-26(16)18/h1-8,16H,(H,22,28)(H,20,23,25). The van der Waals surface area contributed by atoms with Crippen molar-refractivity contribution in [1.82, 2.24) is 30.4 Å². The number of nitro groups is 1. The number of rotatable bonds is 3. The SMILES string of the molecule is O=c1[nH]nc(-c2ccc([N+](=O)[O-])cc2)c2c1Nc1nnnn1C2c1ccc(F)cc1. The van der Waals surface area contributed by atoms with E-state index in [0.717, 1.165) is 0 Å². The Morgan fingerprint density at radius 3 is 2.53 bits per heavy atom. The molecule has 1 unspecified atom stereocenters. The van der Waals surface area contributed by atoms with Crippen molar-refractivity contribution in [3.8, 4) is 11.3 Å². The Morgan fingerprint density at radius 2 is 1.83 bits per heavy atom. The highest BCUT2D eigenvalue weighted by molar-refractivity contribution is 5.75. The van der Waals surface area contributed by atoms with Crippen LogP contribution in [0.1, 0.15) is 17.2 Å². The first-order chi connectivity index (χ1) is 14.5. The Morgan fingerprint density at radius 1 is 1.10 bits per heavy atom. The molecule has 2 aromatic carbocycles. The van der Waals surface area contributed by atoms with Crippen LogP contribution >= 0.6 is 0 Å². The monoisotopic (exact) mass is 406 g/mol. The lowest BCUT2D eigenvalue weighted by atomic mass is 9.92. The van der Waals surface area contributed by atoms with Gasteiger partial charge in [0.1, 0.15) is 17.5 Å².